The summed E-state index contributed by atoms with van der Waals surface area (Å²) >= 11 is 0. The fourth-order valence-electron chi connectivity index (χ4n) is 2.38. The minimum absolute atomic E-state index is 0. The quantitative estimate of drug-likeness (QED) is 0.900. The van der Waals surface area contributed by atoms with E-state index in [0.717, 1.165) is 18.4 Å². The number of nitrogens with two attached hydrogens (primary N) is 1. The molecule has 1 aromatic carbocycles. The van der Waals surface area contributed by atoms with E-state index in [1.165, 1.54) is 12.5 Å². The highest BCUT2D eigenvalue weighted by molar-refractivity contribution is 5.85. The third-order valence-corrected chi connectivity index (χ3v) is 3.84. The van der Waals surface area contributed by atoms with Crippen LogP contribution in [0, 0.1) is 5.82 Å². The average Bonchev–Trinajstić information content (AvgIpc) is 2.21. The molecule has 0 atom stereocenters. The smallest absolute Gasteiger partial charge is 0.127 e. The molecule has 17 heavy (non-hydrogen) atoms. The molecule has 0 unspecified atom stereocenters. The Bertz CT molecular complexity index is 361. The van der Waals surface area contributed by atoms with Crippen molar-refractivity contribution in [1.29, 1.82) is 0 Å². The zero-order chi connectivity index (χ0) is 11.6. The molecule has 1 aromatic rings. The molecule has 1 aliphatic carbocycles. The van der Waals surface area contributed by atoms with Crippen molar-refractivity contribution in [1.82, 2.24) is 4.90 Å². The van der Waals surface area contributed by atoms with Crippen molar-refractivity contribution in [2.24, 2.45) is 5.73 Å². The summed E-state index contributed by atoms with van der Waals surface area (Å²) in [5.74, 6) is -0.124. The Labute approximate surface area is 108 Å². The van der Waals surface area contributed by atoms with Crippen LogP contribution in [0.25, 0.3) is 0 Å². The molecule has 1 fully saturated rings. The summed E-state index contributed by atoms with van der Waals surface area (Å²) in [5, 5.41) is 0. The molecule has 0 aliphatic heterocycles. The molecule has 0 aromatic heterocycles. The van der Waals surface area contributed by atoms with E-state index in [4.69, 9.17) is 5.73 Å². The first-order valence-corrected chi connectivity index (χ1v) is 5.83. The minimum atomic E-state index is -0.124. The Morgan fingerprint density at radius 3 is 2.47 bits per heavy atom. The van der Waals surface area contributed by atoms with Gasteiger partial charge in [-0.05, 0) is 32.4 Å². The van der Waals surface area contributed by atoms with Gasteiger partial charge in [0.25, 0.3) is 0 Å². The first kappa shape index (κ1) is 14.4. The molecule has 0 spiro atoms. The van der Waals surface area contributed by atoms with Crippen LogP contribution in [0.3, 0.4) is 0 Å². The summed E-state index contributed by atoms with van der Waals surface area (Å²) in [6.07, 6.45) is 3.50. The Morgan fingerprint density at radius 2 is 2.00 bits per heavy atom. The molecule has 0 amide bonds. The van der Waals surface area contributed by atoms with E-state index in [-0.39, 0.29) is 23.8 Å². The highest BCUT2D eigenvalue weighted by Gasteiger charge is 2.39. The zero-order valence-corrected chi connectivity index (χ0v) is 11.0. The van der Waals surface area contributed by atoms with Crippen molar-refractivity contribution >= 4 is 12.4 Å². The Hall–Kier alpha value is -0.640. The normalized spacial score (nSPS) is 17.4. The van der Waals surface area contributed by atoms with Gasteiger partial charge in [-0.15, -0.1) is 12.4 Å². The topological polar surface area (TPSA) is 29.3 Å². The van der Waals surface area contributed by atoms with Gasteiger partial charge in [-0.25, -0.2) is 4.39 Å². The van der Waals surface area contributed by atoms with Gasteiger partial charge in [-0.2, -0.15) is 0 Å². The fourth-order valence-corrected chi connectivity index (χ4v) is 2.38. The van der Waals surface area contributed by atoms with Crippen LogP contribution in [0.1, 0.15) is 24.8 Å². The maximum Gasteiger partial charge on any atom is 0.127 e. The summed E-state index contributed by atoms with van der Waals surface area (Å²) in [6, 6.07) is 6.96. The minimum Gasteiger partial charge on any atom is -0.329 e. The lowest BCUT2D eigenvalue weighted by molar-refractivity contribution is 0.0391. The van der Waals surface area contributed by atoms with E-state index in [1.54, 1.807) is 6.07 Å². The lowest BCUT2D eigenvalue weighted by Crippen LogP contribution is -2.56. The molecule has 1 saturated carbocycles. The van der Waals surface area contributed by atoms with Gasteiger partial charge >= 0.3 is 0 Å². The van der Waals surface area contributed by atoms with Gasteiger partial charge in [0.05, 0.1) is 0 Å². The van der Waals surface area contributed by atoms with Crippen LogP contribution in [0.2, 0.25) is 0 Å². The van der Waals surface area contributed by atoms with Gasteiger partial charge < -0.3 is 5.73 Å². The first-order valence-electron chi connectivity index (χ1n) is 5.83. The molecule has 2 nitrogen and oxygen atoms in total. The maximum atomic E-state index is 13.5. The number of nitrogens with zero attached hydrogens (tertiary/aromatic N) is 1. The number of hydrogen-bond acceptors (Lipinski definition) is 2. The molecular formula is C13H20ClFN2. The van der Waals surface area contributed by atoms with Gasteiger partial charge in [0.15, 0.2) is 0 Å². The highest BCUT2D eigenvalue weighted by Crippen LogP contribution is 2.36. The second kappa shape index (κ2) is 5.80. The molecule has 2 rings (SSSR count). The van der Waals surface area contributed by atoms with Crippen LogP contribution in [0.15, 0.2) is 24.3 Å². The molecule has 2 N–H and O–H groups in total. The molecule has 96 valence electrons. The molecule has 0 heterocycles. The van der Waals surface area contributed by atoms with Crippen LogP contribution in [0.4, 0.5) is 4.39 Å². The molecule has 1 aliphatic rings. The van der Waals surface area contributed by atoms with Crippen LogP contribution < -0.4 is 5.73 Å². The van der Waals surface area contributed by atoms with Gasteiger partial charge in [0.1, 0.15) is 5.82 Å². The standard InChI is InChI=1S/C13H19FN2.ClH/c1-16(13(10-15)7-4-8-13)9-11-5-2-3-6-12(11)14;/h2-3,5-6H,4,7-10,15H2,1H3;1H. The lowest BCUT2D eigenvalue weighted by Gasteiger charge is -2.48. The summed E-state index contributed by atoms with van der Waals surface area (Å²) < 4.78 is 13.5. The van der Waals surface area contributed by atoms with Crippen molar-refractivity contribution in [3.05, 3.63) is 35.6 Å². The van der Waals surface area contributed by atoms with E-state index in [1.807, 2.05) is 19.2 Å². The predicted molar refractivity (Wildman–Crippen MR) is 70.8 cm³/mol. The summed E-state index contributed by atoms with van der Waals surface area (Å²) in [4.78, 5) is 2.20. The monoisotopic (exact) mass is 258 g/mol. The van der Waals surface area contributed by atoms with Crippen molar-refractivity contribution in [3.8, 4) is 0 Å². The fraction of sp³-hybridized carbons (Fsp3) is 0.538. The number of benzene rings is 1. The number of halogens is 2. The van der Waals surface area contributed by atoms with E-state index in [2.05, 4.69) is 4.90 Å². The number of likely N-dealkylation sites (N-methyl/N-ethyl adjacent to an activating group) is 1. The number of hydrogen-bond donors (Lipinski definition) is 1. The Balaban J connectivity index is 0.00000144. The van der Waals surface area contributed by atoms with Crippen LogP contribution in [0.5, 0.6) is 0 Å². The highest BCUT2D eigenvalue weighted by atomic mass is 35.5. The van der Waals surface area contributed by atoms with Crippen molar-refractivity contribution in [2.75, 3.05) is 13.6 Å². The van der Waals surface area contributed by atoms with Crippen molar-refractivity contribution < 1.29 is 4.39 Å². The van der Waals surface area contributed by atoms with Gasteiger partial charge in [-0.1, -0.05) is 18.2 Å². The predicted octanol–water partition coefficient (Wildman–Crippen LogP) is 2.56. The largest absolute Gasteiger partial charge is 0.329 e. The van der Waals surface area contributed by atoms with E-state index in [0.29, 0.717) is 13.1 Å². The van der Waals surface area contributed by atoms with Crippen LogP contribution >= 0.6 is 12.4 Å². The van der Waals surface area contributed by atoms with Crippen LogP contribution in [-0.4, -0.2) is 24.0 Å². The first-order chi connectivity index (χ1) is 7.68. The summed E-state index contributed by atoms with van der Waals surface area (Å²) in [6.45, 7) is 1.31. The Kier molecular flexibility index (Phi) is 4.92. The summed E-state index contributed by atoms with van der Waals surface area (Å²) in [7, 11) is 2.04. The van der Waals surface area contributed by atoms with Gasteiger partial charge in [0, 0.05) is 24.2 Å². The SMILES string of the molecule is CN(Cc1ccccc1F)C1(CN)CCC1.Cl. The third kappa shape index (κ3) is 2.79. The molecular weight excluding hydrogens is 239 g/mol. The lowest BCUT2D eigenvalue weighted by atomic mass is 9.75. The summed E-state index contributed by atoms with van der Waals surface area (Å²) in [5.41, 5.74) is 6.69. The van der Waals surface area contributed by atoms with E-state index >= 15 is 0 Å². The number of rotatable bonds is 4. The van der Waals surface area contributed by atoms with E-state index in [9.17, 15) is 4.39 Å². The molecule has 0 radical (unpaired) electrons. The third-order valence-electron chi connectivity index (χ3n) is 3.84. The average molecular weight is 259 g/mol. The second-order valence-electron chi connectivity index (χ2n) is 4.73. The Morgan fingerprint density at radius 1 is 1.35 bits per heavy atom. The molecule has 4 heteroatoms. The zero-order valence-electron chi connectivity index (χ0n) is 10.2. The van der Waals surface area contributed by atoms with Gasteiger partial charge in [0.2, 0.25) is 0 Å². The maximum absolute atomic E-state index is 13.5. The second-order valence-corrected chi connectivity index (χ2v) is 4.73. The molecule has 0 bridgehead atoms. The van der Waals surface area contributed by atoms with Crippen molar-refractivity contribution in [2.45, 2.75) is 31.3 Å². The van der Waals surface area contributed by atoms with Crippen molar-refractivity contribution in [3.63, 3.8) is 0 Å². The van der Waals surface area contributed by atoms with Crippen LogP contribution in [-0.2, 0) is 6.54 Å². The molecule has 0 saturated heterocycles. The van der Waals surface area contributed by atoms with E-state index < -0.39 is 0 Å². The van der Waals surface area contributed by atoms with Gasteiger partial charge in [-0.3, -0.25) is 4.90 Å².